The summed E-state index contributed by atoms with van der Waals surface area (Å²) in [4.78, 5) is 27.2. The number of anilines is 1. The molecule has 0 unspecified atom stereocenters. The van der Waals surface area contributed by atoms with Crippen LogP contribution in [-0.2, 0) is 48.4 Å². The van der Waals surface area contributed by atoms with E-state index < -0.39 is 37.5 Å². The number of hydrogen-bond donors (Lipinski definition) is 2. The third-order valence-corrected chi connectivity index (χ3v) is 10.9. The molecule has 23 heteroatoms. The van der Waals surface area contributed by atoms with E-state index in [0.29, 0.717) is 16.5 Å². The molecule has 2 saturated heterocycles. The molecule has 0 spiro atoms. The van der Waals surface area contributed by atoms with E-state index in [-0.39, 0.29) is 33.8 Å². The Hall–Kier alpha value is -0.650. The average molecular weight is 984 g/mol. The van der Waals surface area contributed by atoms with E-state index in [4.69, 9.17) is 41.2 Å². The second kappa shape index (κ2) is 25.3. The molecular formula is C34H52B2Br2N4Na2O11S2. The van der Waals surface area contributed by atoms with Crippen LogP contribution >= 0.6 is 31.9 Å². The molecule has 2 fully saturated rings. The van der Waals surface area contributed by atoms with Gasteiger partial charge in [0.2, 0.25) is 0 Å². The monoisotopic (exact) mass is 982 g/mol. The zero-order chi connectivity index (χ0) is 44.7. The van der Waals surface area contributed by atoms with Gasteiger partial charge < -0.3 is 34.1 Å². The van der Waals surface area contributed by atoms with Gasteiger partial charge >= 0.3 is 76.2 Å². The number of hydrogen-bond acceptors (Lipinski definition) is 13. The van der Waals surface area contributed by atoms with Crippen LogP contribution in [-0.4, -0.2) is 118 Å². The van der Waals surface area contributed by atoms with Crippen LogP contribution in [0.1, 0.15) is 105 Å². The van der Waals surface area contributed by atoms with Crippen LogP contribution in [0.4, 0.5) is 11.4 Å². The molecule has 0 aliphatic carbocycles. The van der Waals surface area contributed by atoms with Crippen molar-refractivity contribution in [2.75, 3.05) is 5.73 Å². The van der Waals surface area contributed by atoms with Crippen molar-refractivity contribution in [3.05, 3.63) is 60.3 Å². The van der Waals surface area contributed by atoms with Crippen LogP contribution in [0.25, 0.3) is 11.0 Å². The first-order chi connectivity index (χ1) is 26.2. The molecule has 0 radical (unpaired) electrons. The van der Waals surface area contributed by atoms with Gasteiger partial charge in [0.05, 0.1) is 38.4 Å². The molecule has 2 aliphatic heterocycles. The van der Waals surface area contributed by atoms with E-state index in [2.05, 4.69) is 67.8 Å². The molecule has 0 saturated carbocycles. The summed E-state index contributed by atoms with van der Waals surface area (Å²) >= 11 is 9.53. The van der Waals surface area contributed by atoms with E-state index >= 15 is 0 Å². The fourth-order valence-corrected chi connectivity index (χ4v) is 5.79. The number of aryl methyl sites for hydroxylation is 3. The van der Waals surface area contributed by atoms with Gasteiger partial charge in [0.15, 0.2) is 0 Å². The number of aldehydes is 1. The maximum atomic E-state index is 10.4. The van der Waals surface area contributed by atoms with E-state index in [1.165, 1.54) is 55.2 Å². The van der Waals surface area contributed by atoms with Crippen molar-refractivity contribution in [1.29, 1.82) is 0 Å². The Morgan fingerprint density at radius 2 is 1.21 bits per heavy atom. The number of nitrogen functional groups attached to an aromatic ring is 1. The molecule has 3 N–H and O–H groups in total. The summed E-state index contributed by atoms with van der Waals surface area (Å²) in [5.41, 5.74) is 8.36. The molecular weight excluding hydrogens is 932 g/mol. The fourth-order valence-electron chi connectivity index (χ4n) is 4.66. The first-order valence-corrected chi connectivity index (χ1v) is 30.6. The molecule has 15 nitrogen and oxygen atoms in total. The maximum absolute atomic E-state index is 10.4. The normalized spacial score (nSPS) is 16.5. The predicted molar refractivity (Wildman–Crippen MR) is 235 cm³/mol. The number of nitro groups is 1. The standard InChI is InChI=1S/C12H24B2O4.C11H13BrN2.C7H7BrN2O2.C4H8O.2Na.O4S2/c1-9(2)10(3,4)16-13(15-9)14-17-11(5,6)12(7,8)18-14;1-3-4-10-13-9-6-8(12)5-7(2)11(9)14-10;1-4-2-5(8)3-6(7(4)9)10(11)12;1-2-3-4-5;;;1-5(2)6(3)4/h1-8H3;5-6H,3-4H2,1-2H3,(H,13,14);2-3H,9H2,1H3;4H,2-3H2,1H3;;;. The van der Waals surface area contributed by atoms with Gasteiger partial charge in [-0.15, -0.1) is 0 Å². The minimum atomic E-state index is -2.95. The van der Waals surface area contributed by atoms with Crippen molar-refractivity contribution in [3.63, 3.8) is 0 Å². The third kappa shape index (κ3) is 17.7. The number of aromatic nitrogens is 2. The molecule has 3 heterocycles. The average Bonchev–Trinajstić information content (AvgIpc) is 3.67. The zero-order valence-corrected chi connectivity index (χ0v) is 44.2. The number of nitro benzene ring substituents is 1. The van der Waals surface area contributed by atoms with Crippen molar-refractivity contribution in [2.24, 2.45) is 0 Å². The van der Waals surface area contributed by atoms with E-state index in [9.17, 15) is 14.9 Å². The SMILES string of the molecule is CC1(C)OB(B2OC(C)(C)C(C)(C)O2)OC1(C)C.CCCC=O.CCCc1nc2c(C)cc(Br)cc2[nH]1.Cc1cc(Br)cc([N+](=O)[O-])c1N.O=S(=O)=S(=O)=O.[Na][Na]. The molecule has 3 aromatic rings. The number of carbonyl (C=O) groups excluding carboxylic acids is 1. The van der Waals surface area contributed by atoms with Crippen LogP contribution in [0.3, 0.4) is 0 Å². The second-order valence-corrected chi connectivity index (χ2v) is 18.9. The van der Waals surface area contributed by atoms with E-state index in [0.717, 1.165) is 46.9 Å². The molecule has 57 heavy (non-hydrogen) atoms. The van der Waals surface area contributed by atoms with E-state index in [1.54, 1.807) is 13.0 Å². The van der Waals surface area contributed by atoms with Crippen LogP contribution in [0, 0.1) is 24.0 Å². The molecule has 0 bridgehead atoms. The van der Waals surface area contributed by atoms with Crippen molar-refractivity contribution in [2.45, 2.75) is 131 Å². The molecule has 2 aromatic carbocycles. The van der Waals surface area contributed by atoms with Crippen LogP contribution in [0.5, 0.6) is 0 Å². The summed E-state index contributed by atoms with van der Waals surface area (Å²) in [6, 6.07) is 7.30. The molecule has 0 atom stereocenters. The van der Waals surface area contributed by atoms with Crippen molar-refractivity contribution < 1.29 is 45.2 Å². The van der Waals surface area contributed by atoms with Crippen molar-refractivity contribution in [3.8, 4) is 0 Å². The van der Waals surface area contributed by atoms with Gasteiger partial charge in [-0.05, 0) is 111 Å². The number of benzene rings is 2. The Balaban J connectivity index is 0.000000726. The summed E-state index contributed by atoms with van der Waals surface area (Å²) < 4.78 is 62.0. The second-order valence-electron chi connectivity index (χ2n) is 14.6. The number of aromatic amines is 1. The Morgan fingerprint density at radius 1 is 0.807 bits per heavy atom. The summed E-state index contributed by atoms with van der Waals surface area (Å²) in [5, 5.41) is 10.4. The number of rotatable bonds is 6. The van der Waals surface area contributed by atoms with Gasteiger partial charge in [-0.25, -0.2) is 4.98 Å². The van der Waals surface area contributed by atoms with Crippen molar-refractivity contribution >= 4 is 137 Å². The number of unbranched alkanes of at least 4 members (excludes halogenated alkanes) is 1. The van der Waals surface area contributed by atoms with E-state index in [1.807, 2.05) is 62.3 Å². The zero-order valence-electron chi connectivity index (χ0n) is 35.4. The third-order valence-electron chi connectivity index (χ3n) is 9.09. The van der Waals surface area contributed by atoms with Gasteiger partial charge in [-0.1, -0.05) is 45.7 Å². The number of halogens is 2. The van der Waals surface area contributed by atoms with Crippen LogP contribution in [0.15, 0.2) is 33.2 Å². The molecule has 2 aliphatic rings. The summed E-state index contributed by atoms with van der Waals surface area (Å²) in [7, 11) is -6.85. The molecule has 308 valence electrons. The number of nitrogens with two attached hydrogens (primary N) is 1. The Bertz CT molecular complexity index is 1960. The van der Waals surface area contributed by atoms with Crippen LogP contribution < -0.4 is 5.73 Å². The van der Waals surface area contributed by atoms with Gasteiger partial charge in [-0.3, -0.25) is 10.1 Å². The minimum absolute atomic E-state index is 0.0538. The molecule has 5 rings (SSSR count). The number of nitrogens with one attached hydrogen (secondary N) is 1. The van der Waals surface area contributed by atoms with Gasteiger partial charge in [0, 0.05) is 27.9 Å². The number of nitrogens with zero attached hydrogens (tertiary/aromatic N) is 2. The molecule has 0 amide bonds. The number of carbonyl (C=O) groups is 1. The first kappa shape index (κ1) is 56.3. The quantitative estimate of drug-likeness (QED) is 0.0839. The Morgan fingerprint density at radius 3 is 1.54 bits per heavy atom. The topological polar surface area (TPSA) is 220 Å². The summed E-state index contributed by atoms with van der Waals surface area (Å²) in [6.07, 6.45) is 4.76. The summed E-state index contributed by atoms with van der Waals surface area (Å²) in [5.74, 6) is 1.09. The Kier molecular flexibility index (Phi) is 25.0. The summed E-state index contributed by atoms with van der Waals surface area (Å²) in [6.45, 7) is 24.2. The van der Waals surface area contributed by atoms with Gasteiger partial charge in [-0.2, -0.15) is 16.8 Å². The number of H-pyrrole nitrogens is 1. The number of fused-ring (bicyclic) bond motifs is 1. The predicted octanol–water partition coefficient (Wildman–Crippen LogP) is 6.97. The number of imidazole rings is 1. The Labute approximate surface area is 384 Å². The van der Waals surface area contributed by atoms with Gasteiger partial charge in [0.1, 0.15) is 17.8 Å². The van der Waals surface area contributed by atoms with Crippen LogP contribution in [0.2, 0.25) is 0 Å². The van der Waals surface area contributed by atoms with Crippen molar-refractivity contribution in [1.82, 2.24) is 9.97 Å². The van der Waals surface area contributed by atoms with Gasteiger partial charge in [0.25, 0.3) is 5.69 Å². The molecule has 1 aromatic heterocycles. The fraction of sp³-hybridized carbons (Fsp3) is 0.588. The first-order valence-electron chi connectivity index (χ1n) is 18.3.